The van der Waals surface area contributed by atoms with Gasteiger partial charge in [-0.2, -0.15) is 0 Å². The molecule has 0 bridgehead atoms. The number of benzene rings is 1. The first-order chi connectivity index (χ1) is 11.2. The SMILES string of the molecule is COc1ccccc1CC(=O)N1CCCC[C@@H]1c1nc(C)cs1. The number of carbonyl (C=O) groups excluding carboxylic acids is 1. The number of methoxy groups -OCH3 is 1. The molecule has 1 amide bonds. The number of aromatic nitrogens is 1. The van der Waals surface area contributed by atoms with Crippen molar-refractivity contribution in [1.29, 1.82) is 0 Å². The summed E-state index contributed by atoms with van der Waals surface area (Å²) >= 11 is 1.66. The van der Waals surface area contributed by atoms with Crippen molar-refractivity contribution in [1.82, 2.24) is 9.88 Å². The van der Waals surface area contributed by atoms with Crippen molar-refractivity contribution < 1.29 is 9.53 Å². The fraction of sp³-hybridized carbons (Fsp3) is 0.444. The van der Waals surface area contributed by atoms with Crippen LogP contribution in [0.25, 0.3) is 0 Å². The topological polar surface area (TPSA) is 42.4 Å². The van der Waals surface area contributed by atoms with Crippen LogP contribution in [0.15, 0.2) is 29.6 Å². The summed E-state index contributed by atoms with van der Waals surface area (Å²) in [6, 6.07) is 7.87. The summed E-state index contributed by atoms with van der Waals surface area (Å²) in [4.78, 5) is 19.5. The van der Waals surface area contributed by atoms with Crippen LogP contribution in [0.4, 0.5) is 0 Å². The van der Waals surface area contributed by atoms with Crippen LogP contribution in [0.2, 0.25) is 0 Å². The molecule has 0 unspecified atom stereocenters. The predicted octanol–water partition coefficient (Wildman–Crippen LogP) is 3.76. The Bertz CT molecular complexity index is 683. The predicted molar refractivity (Wildman–Crippen MR) is 91.9 cm³/mol. The van der Waals surface area contributed by atoms with E-state index in [0.717, 1.165) is 47.8 Å². The van der Waals surface area contributed by atoms with Crippen LogP contribution in [-0.4, -0.2) is 29.4 Å². The number of hydrogen-bond acceptors (Lipinski definition) is 4. The molecule has 1 atom stereocenters. The van der Waals surface area contributed by atoms with E-state index in [1.807, 2.05) is 36.1 Å². The Balaban J connectivity index is 1.79. The molecule has 5 heteroatoms. The van der Waals surface area contributed by atoms with E-state index in [1.165, 1.54) is 0 Å². The standard InChI is InChI=1S/C18H22N2O2S/c1-13-12-23-18(19-13)15-8-5-6-10-20(15)17(21)11-14-7-3-4-9-16(14)22-2/h3-4,7,9,12,15H,5-6,8,10-11H2,1-2H3/t15-/m1/s1. The Morgan fingerprint density at radius 2 is 2.22 bits per heavy atom. The molecule has 4 nitrogen and oxygen atoms in total. The van der Waals surface area contributed by atoms with E-state index >= 15 is 0 Å². The van der Waals surface area contributed by atoms with E-state index in [2.05, 4.69) is 10.4 Å². The number of aryl methyl sites for hydroxylation is 1. The zero-order valence-corrected chi connectivity index (χ0v) is 14.4. The second kappa shape index (κ2) is 7.13. The fourth-order valence-corrected chi connectivity index (χ4v) is 4.07. The van der Waals surface area contributed by atoms with Crippen molar-refractivity contribution in [2.75, 3.05) is 13.7 Å². The number of nitrogens with zero attached hydrogens (tertiary/aromatic N) is 2. The molecule has 0 aliphatic carbocycles. The van der Waals surface area contributed by atoms with Gasteiger partial charge in [0, 0.05) is 23.2 Å². The lowest BCUT2D eigenvalue weighted by molar-refractivity contribution is -0.134. The number of ether oxygens (including phenoxy) is 1. The van der Waals surface area contributed by atoms with Gasteiger partial charge in [0.05, 0.1) is 19.6 Å². The van der Waals surface area contributed by atoms with Crippen LogP contribution < -0.4 is 4.74 Å². The van der Waals surface area contributed by atoms with Gasteiger partial charge in [-0.1, -0.05) is 18.2 Å². The summed E-state index contributed by atoms with van der Waals surface area (Å²) in [5.74, 6) is 0.937. The summed E-state index contributed by atoms with van der Waals surface area (Å²) in [6.45, 7) is 2.82. The van der Waals surface area contributed by atoms with Crippen LogP contribution in [0.3, 0.4) is 0 Å². The maximum Gasteiger partial charge on any atom is 0.227 e. The van der Waals surface area contributed by atoms with E-state index in [0.29, 0.717) is 6.42 Å². The Morgan fingerprint density at radius 1 is 1.39 bits per heavy atom. The molecular formula is C18H22N2O2S. The lowest BCUT2D eigenvalue weighted by Gasteiger charge is -2.34. The van der Waals surface area contributed by atoms with Gasteiger partial charge >= 0.3 is 0 Å². The molecule has 1 fully saturated rings. The minimum absolute atomic E-state index is 0.129. The first-order valence-electron chi connectivity index (χ1n) is 8.02. The zero-order valence-electron chi connectivity index (χ0n) is 13.6. The van der Waals surface area contributed by atoms with Gasteiger partial charge in [-0.25, -0.2) is 4.98 Å². The second-order valence-electron chi connectivity index (χ2n) is 5.91. The smallest absolute Gasteiger partial charge is 0.227 e. The van der Waals surface area contributed by atoms with Gasteiger partial charge in [-0.15, -0.1) is 11.3 Å². The normalized spacial score (nSPS) is 18.0. The molecule has 1 aromatic heterocycles. The molecular weight excluding hydrogens is 308 g/mol. The number of likely N-dealkylation sites (tertiary alicyclic amines) is 1. The Labute approximate surface area is 141 Å². The number of para-hydroxylation sites is 1. The van der Waals surface area contributed by atoms with Gasteiger partial charge in [-0.3, -0.25) is 4.79 Å². The molecule has 1 aliphatic rings. The van der Waals surface area contributed by atoms with E-state index in [-0.39, 0.29) is 11.9 Å². The molecule has 23 heavy (non-hydrogen) atoms. The van der Waals surface area contributed by atoms with Gasteiger partial charge in [-0.05, 0) is 32.3 Å². The number of hydrogen-bond donors (Lipinski definition) is 0. The average Bonchev–Trinajstić information content (AvgIpc) is 3.01. The Hall–Kier alpha value is -1.88. The first kappa shape index (κ1) is 16.0. The lowest BCUT2D eigenvalue weighted by Crippen LogP contribution is -2.39. The highest BCUT2D eigenvalue weighted by molar-refractivity contribution is 7.09. The van der Waals surface area contributed by atoms with Gasteiger partial charge in [0.2, 0.25) is 5.91 Å². The molecule has 0 N–H and O–H groups in total. The van der Waals surface area contributed by atoms with Crippen molar-refractivity contribution in [2.24, 2.45) is 0 Å². The summed E-state index contributed by atoms with van der Waals surface area (Å²) in [5, 5.41) is 3.13. The third-order valence-corrected chi connectivity index (χ3v) is 5.34. The molecule has 2 heterocycles. The first-order valence-corrected chi connectivity index (χ1v) is 8.90. The van der Waals surface area contributed by atoms with Crippen molar-refractivity contribution in [3.05, 3.63) is 45.9 Å². The number of piperidine rings is 1. The minimum Gasteiger partial charge on any atom is -0.496 e. The van der Waals surface area contributed by atoms with Crippen LogP contribution in [0, 0.1) is 6.92 Å². The molecule has 0 spiro atoms. The lowest BCUT2D eigenvalue weighted by atomic mass is 10.0. The molecule has 0 saturated carbocycles. The average molecular weight is 330 g/mol. The second-order valence-corrected chi connectivity index (χ2v) is 6.80. The maximum absolute atomic E-state index is 12.9. The molecule has 1 aliphatic heterocycles. The summed E-state index contributed by atoms with van der Waals surface area (Å²) in [6.07, 6.45) is 3.61. The molecule has 1 saturated heterocycles. The number of amides is 1. The third-order valence-electron chi connectivity index (χ3n) is 4.28. The summed E-state index contributed by atoms with van der Waals surface area (Å²) < 4.78 is 5.37. The largest absolute Gasteiger partial charge is 0.496 e. The molecule has 0 radical (unpaired) electrons. The maximum atomic E-state index is 12.9. The molecule has 2 aromatic rings. The van der Waals surface area contributed by atoms with E-state index in [4.69, 9.17) is 4.74 Å². The number of rotatable bonds is 4. The van der Waals surface area contributed by atoms with Gasteiger partial charge in [0.1, 0.15) is 10.8 Å². The van der Waals surface area contributed by atoms with Crippen LogP contribution >= 0.6 is 11.3 Å². The fourth-order valence-electron chi connectivity index (χ4n) is 3.13. The minimum atomic E-state index is 0.129. The summed E-state index contributed by atoms with van der Waals surface area (Å²) in [5.41, 5.74) is 1.98. The van der Waals surface area contributed by atoms with Crippen molar-refractivity contribution in [2.45, 2.75) is 38.6 Å². The highest BCUT2D eigenvalue weighted by Gasteiger charge is 2.30. The molecule has 122 valence electrons. The van der Waals surface area contributed by atoms with Crippen molar-refractivity contribution in [3.63, 3.8) is 0 Å². The monoisotopic (exact) mass is 330 g/mol. The van der Waals surface area contributed by atoms with Gasteiger partial charge in [0.15, 0.2) is 0 Å². The number of carbonyl (C=O) groups is 1. The summed E-state index contributed by atoms with van der Waals surface area (Å²) in [7, 11) is 1.64. The molecule has 1 aromatic carbocycles. The van der Waals surface area contributed by atoms with E-state index in [1.54, 1.807) is 18.4 Å². The quantitative estimate of drug-likeness (QED) is 0.857. The van der Waals surface area contributed by atoms with Gasteiger partial charge in [0.25, 0.3) is 0 Å². The van der Waals surface area contributed by atoms with Crippen molar-refractivity contribution in [3.8, 4) is 5.75 Å². The van der Waals surface area contributed by atoms with Gasteiger partial charge < -0.3 is 9.64 Å². The highest BCUT2D eigenvalue weighted by atomic mass is 32.1. The van der Waals surface area contributed by atoms with Crippen LogP contribution in [-0.2, 0) is 11.2 Å². The van der Waals surface area contributed by atoms with Crippen molar-refractivity contribution >= 4 is 17.2 Å². The van der Waals surface area contributed by atoms with E-state index < -0.39 is 0 Å². The zero-order chi connectivity index (χ0) is 16.2. The van der Waals surface area contributed by atoms with Crippen LogP contribution in [0.1, 0.15) is 41.6 Å². The number of thiazole rings is 1. The highest BCUT2D eigenvalue weighted by Crippen LogP contribution is 2.33. The Morgan fingerprint density at radius 3 is 2.96 bits per heavy atom. The van der Waals surface area contributed by atoms with E-state index in [9.17, 15) is 4.79 Å². The Kier molecular flexibility index (Phi) is 4.96. The van der Waals surface area contributed by atoms with Crippen LogP contribution in [0.5, 0.6) is 5.75 Å². The third kappa shape index (κ3) is 3.55. The molecule has 3 rings (SSSR count).